The van der Waals surface area contributed by atoms with Gasteiger partial charge in [0.05, 0.1) is 36.9 Å². The molecule has 5 aromatic carbocycles. The molecule has 2 unspecified atom stereocenters. The average Bonchev–Trinajstić information content (AvgIpc) is 3.16. The minimum atomic E-state index is -1.73. The Morgan fingerprint density at radius 3 is 1.19 bits per heavy atom. The van der Waals surface area contributed by atoms with E-state index in [1.807, 2.05) is 0 Å². The highest BCUT2D eigenvalue weighted by atomic mass is 35.5. The summed E-state index contributed by atoms with van der Waals surface area (Å²) in [6.45, 7) is 2.20. The minimum Gasteiger partial charge on any atom is -0.324 e. The van der Waals surface area contributed by atoms with Crippen LogP contribution in [-0.4, -0.2) is 47.3 Å². The lowest BCUT2D eigenvalue weighted by molar-refractivity contribution is -0.127. The number of azo groups is 2. The Hall–Kier alpha value is -5.16. The number of ketones is 2. The monoisotopic (exact) mass is 994 g/mol. The van der Waals surface area contributed by atoms with Gasteiger partial charge in [-0.15, -0.1) is 0 Å². The van der Waals surface area contributed by atoms with Crippen LogP contribution >= 0.6 is 92.8 Å². The summed E-state index contributed by atoms with van der Waals surface area (Å²) in [5.41, 5.74) is 0.352. The maximum Gasteiger partial charge on any atom is 0.258 e. The van der Waals surface area contributed by atoms with Crippen LogP contribution in [0.4, 0.5) is 34.1 Å². The van der Waals surface area contributed by atoms with Gasteiger partial charge in [-0.2, -0.15) is 20.5 Å². The van der Waals surface area contributed by atoms with Crippen molar-refractivity contribution in [2.75, 3.05) is 21.3 Å². The number of nitrogens with zero attached hydrogens (tertiary/aromatic N) is 4. The molecule has 62 heavy (non-hydrogen) atoms. The Balaban J connectivity index is 1.27. The van der Waals surface area contributed by atoms with Crippen LogP contribution in [0.5, 0.6) is 0 Å². The smallest absolute Gasteiger partial charge is 0.258 e. The zero-order chi connectivity index (χ0) is 45.4. The molecule has 5 aromatic rings. The number of hydrogen-bond acceptors (Lipinski definition) is 10. The van der Waals surface area contributed by atoms with E-state index in [1.54, 1.807) is 0 Å². The van der Waals surface area contributed by atoms with E-state index in [2.05, 4.69) is 41.7 Å². The number of nitrogens with one attached hydrogen (secondary N) is 4. The van der Waals surface area contributed by atoms with E-state index in [0.717, 1.165) is 13.8 Å². The van der Waals surface area contributed by atoms with Crippen molar-refractivity contribution in [1.29, 1.82) is 0 Å². The Labute approximate surface area is 392 Å². The van der Waals surface area contributed by atoms with Gasteiger partial charge in [-0.3, -0.25) is 28.8 Å². The molecular weight excluding hydrogens is 972 g/mol. The fourth-order valence-electron chi connectivity index (χ4n) is 5.24. The van der Waals surface area contributed by atoms with Crippen molar-refractivity contribution in [3.8, 4) is 0 Å². The van der Waals surface area contributed by atoms with Crippen molar-refractivity contribution in [2.45, 2.75) is 25.9 Å². The molecule has 0 aliphatic carbocycles. The standard InChI is InChI=1S/C40H26Cl8N8O6/c1-17(57)34(55-53-30-7-3-5-26(32(30)47)37(59)49-23-11-19(41)9-20(42)12-23)39(61)51-25-15-28(45)36(29(46)16-25)52-40(62)35(18(2)58)56-54-31-8-4-6-27(33(31)48)38(60)50-24-13-21(43)10-22(44)14-24/h3-16,34-35H,1-2H3,(H,49,59)(H,50,60)(H,51,61)(H,52,62). The normalized spacial score (nSPS) is 12.2. The number of halogens is 8. The van der Waals surface area contributed by atoms with E-state index in [1.165, 1.54) is 84.9 Å². The number of Topliss-reactive ketones (excluding diaryl/α,β-unsaturated/α-hetero) is 2. The number of carbonyl (C=O) groups excluding carboxylic acids is 6. The SMILES string of the molecule is CC(=O)C(N=Nc1cccc(C(=O)Nc2cc(Cl)cc(Cl)c2)c1Cl)C(=O)Nc1cc(Cl)c(NC(=O)C(N=Nc2cccc(C(=O)Nc3cc(Cl)cc(Cl)c3)c2Cl)C(C)=O)c(Cl)c1. The van der Waals surface area contributed by atoms with Gasteiger partial charge in [-0.05, 0) is 86.6 Å². The zero-order valence-electron chi connectivity index (χ0n) is 31.5. The van der Waals surface area contributed by atoms with E-state index in [4.69, 9.17) is 92.8 Å². The molecule has 318 valence electrons. The van der Waals surface area contributed by atoms with Crippen LogP contribution in [0.3, 0.4) is 0 Å². The van der Waals surface area contributed by atoms with Crippen LogP contribution < -0.4 is 21.3 Å². The molecule has 0 aliphatic rings. The number of hydrogen-bond donors (Lipinski definition) is 4. The summed E-state index contributed by atoms with van der Waals surface area (Å²) >= 11 is 49.9. The Morgan fingerprint density at radius 1 is 0.468 bits per heavy atom. The van der Waals surface area contributed by atoms with Gasteiger partial charge in [0, 0.05) is 37.2 Å². The van der Waals surface area contributed by atoms with Gasteiger partial charge in [-0.25, -0.2) is 0 Å². The highest BCUT2D eigenvalue weighted by Gasteiger charge is 2.27. The van der Waals surface area contributed by atoms with Crippen molar-refractivity contribution < 1.29 is 28.8 Å². The lowest BCUT2D eigenvalue weighted by Gasteiger charge is -2.15. The van der Waals surface area contributed by atoms with Crippen LogP contribution in [0.25, 0.3) is 0 Å². The van der Waals surface area contributed by atoms with E-state index < -0.39 is 47.3 Å². The highest BCUT2D eigenvalue weighted by Crippen LogP contribution is 2.36. The van der Waals surface area contributed by atoms with Crippen LogP contribution in [0, 0.1) is 0 Å². The van der Waals surface area contributed by atoms with Crippen LogP contribution in [0.15, 0.2) is 105 Å². The number of benzene rings is 5. The van der Waals surface area contributed by atoms with Gasteiger partial charge >= 0.3 is 0 Å². The van der Waals surface area contributed by atoms with E-state index in [9.17, 15) is 28.8 Å². The third kappa shape index (κ3) is 12.5. The topological polar surface area (TPSA) is 200 Å². The molecule has 5 rings (SSSR count). The molecule has 4 amide bonds. The van der Waals surface area contributed by atoms with Gasteiger partial charge < -0.3 is 21.3 Å². The predicted octanol–water partition coefficient (Wildman–Crippen LogP) is 12.8. The average molecular weight is 998 g/mol. The molecule has 0 saturated carbocycles. The summed E-state index contributed by atoms with van der Waals surface area (Å²) in [7, 11) is 0. The lowest BCUT2D eigenvalue weighted by atomic mass is 10.1. The number of amides is 4. The predicted molar refractivity (Wildman–Crippen MR) is 243 cm³/mol. The summed E-state index contributed by atoms with van der Waals surface area (Å²) in [6, 6.07) is 16.5. The first-order valence-electron chi connectivity index (χ1n) is 17.4. The molecule has 22 heteroatoms. The Morgan fingerprint density at radius 2 is 0.823 bits per heavy atom. The third-order valence-corrected chi connectivity index (χ3v) is 10.3. The molecule has 0 aliphatic heterocycles. The van der Waals surface area contributed by atoms with Crippen molar-refractivity contribution in [3.63, 3.8) is 0 Å². The first-order valence-corrected chi connectivity index (χ1v) is 20.4. The third-order valence-electron chi connectivity index (χ3n) is 8.07. The van der Waals surface area contributed by atoms with Crippen molar-refractivity contribution in [2.24, 2.45) is 20.5 Å². The summed E-state index contributed by atoms with van der Waals surface area (Å²) in [6.07, 6.45) is 0. The maximum atomic E-state index is 13.3. The fraction of sp³-hybridized carbons (Fsp3) is 0.100. The van der Waals surface area contributed by atoms with Crippen LogP contribution in [0.1, 0.15) is 34.6 Å². The van der Waals surface area contributed by atoms with Crippen molar-refractivity contribution in [1.82, 2.24) is 0 Å². The molecule has 0 saturated heterocycles. The second-order valence-corrected chi connectivity index (χ2v) is 16.1. The molecule has 0 aromatic heterocycles. The number of anilines is 4. The van der Waals surface area contributed by atoms with Crippen molar-refractivity contribution >= 4 is 162 Å². The summed E-state index contributed by atoms with van der Waals surface area (Å²) in [5.74, 6) is -4.63. The fourth-order valence-corrected chi connectivity index (χ4v) is 7.37. The van der Waals surface area contributed by atoms with Gasteiger partial charge in [0.1, 0.15) is 11.4 Å². The largest absolute Gasteiger partial charge is 0.324 e. The number of rotatable bonds is 14. The number of carbonyl (C=O) groups is 6. The van der Waals surface area contributed by atoms with Crippen molar-refractivity contribution in [3.05, 3.63) is 136 Å². The molecular formula is C40H26Cl8N8O6. The molecule has 0 heterocycles. The summed E-state index contributed by atoms with van der Waals surface area (Å²) in [5, 5.41) is 26.3. The molecule has 0 spiro atoms. The molecule has 0 radical (unpaired) electrons. The Bertz CT molecular complexity index is 2650. The van der Waals surface area contributed by atoms with Crippen LogP contribution in [-0.2, 0) is 19.2 Å². The Kier molecular flexibility index (Phi) is 16.4. The summed E-state index contributed by atoms with van der Waals surface area (Å²) < 4.78 is 0. The van der Waals surface area contributed by atoms with Gasteiger partial charge in [-0.1, -0.05) is 105 Å². The molecule has 0 fully saturated rings. The summed E-state index contributed by atoms with van der Waals surface area (Å²) in [4.78, 5) is 77.6. The van der Waals surface area contributed by atoms with Gasteiger partial charge in [0.15, 0.2) is 11.6 Å². The molecule has 4 N–H and O–H groups in total. The second kappa shape index (κ2) is 21.3. The lowest BCUT2D eigenvalue weighted by Crippen LogP contribution is -2.32. The van der Waals surface area contributed by atoms with Crippen LogP contribution in [0.2, 0.25) is 40.2 Å². The quantitative estimate of drug-likeness (QED) is 0.0630. The molecule has 0 bridgehead atoms. The highest BCUT2D eigenvalue weighted by molar-refractivity contribution is 6.41. The second-order valence-electron chi connectivity index (χ2n) is 12.8. The van der Waals surface area contributed by atoms with E-state index in [-0.39, 0.29) is 64.0 Å². The van der Waals surface area contributed by atoms with E-state index in [0.29, 0.717) is 21.4 Å². The van der Waals surface area contributed by atoms with Gasteiger partial charge in [0.2, 0.25) is 12.1 Å². The molecule has 2 atom stereocenters. The first-order chi connectivity index (χ1) is 29.3. The maximum absolute atomic E-state index is 13.3. The van der Waals surface area contributed by atoms with Gasteiger partial charge in [0.25, 0.3) is 23.6 Å². The first kappa shape index (κ1) is 47.9. The molecule has 14 nitrogen and oxygen atoms in total. The minimum absolute atomic E-state index is 0.00432. The van der Waals surface area contributed by atoms with E-state index >= 15 is 0 Å². The zero-order valence-corrected chi connectivity index (χ0v) is 37.5.